The van der Waals surface area contributed by atoms with Crippen LogP contribution in [-0.4, -0.2) is 17.6 Å². The summed E-state index contributed by atoms with van der Waals surface area (Å²) >= 11 is 0. The fraction of sp³-hybridized carbons (Fsp3) is 0.500. The molecule has 0 aliphatic heterocycles. The van der Waals surface area contributed by atoms with Crippen molar-refractivity contribution in [1.29, 1.82) is 0 Å². The normalized spacial score (nSPS) is 12.2. The molecule has 0 radical (unpaired) electrons. The van der Waals surface area contributed by atoms with Gasteiger partial charge in [-0.05, 0) is 43.5 Å². The van der Waals surface area contributed by atoms with Crippen molar-refractivity contribution >= 4 is 11.6 Å². The summed E-state index contributed by atoms with van der Waals surface area (Å²) in [6.07, 6.45) is 1.27. The Hall–Kier alpha value is -1.55. The summed E-state index contributed by atoms with van der Waals surface area (Å²) in [4.78, 5) is 11.8. The molecule has 0 spiro atoms. The van der Waals surface area contributed by atoms with Crippen molar-refractivity contribution in [2.45, 2.75) is 33.6 Å². The first kappa shape index (κ1) is 14.5. The molecule has 0 fully saturated rings. The van der Waals surface area contributed by atoms with Crippen LogP contribution < -0.4 is 11.1 Å². The number of rotatable bonds is 5. The zero-order valence-corrected chi connectivity index (χ0v) is 11.3. The van der Waals surface area contributed by atoms with Crippen molar-refractivity contribution in [1.82, 2.24) is 0 Å². The van der Waals surface area contributed by atoms with E-state index in [0.29, 0.717) is 18.7 Å². The molecule has 0 aliphatic rings. The number of nitrogens with one attached hydrogen (secondary N) is 1. The van der Waals surface area contributed by atoms with E-state index in [1.807, 2.05) is 26.8 Å². The van der Waals surface area contributed by atoms with Crippen molar-refractivity contribution < 1.29 is 9.90 Å². The molecule has 0 saturated heterocycles. The zero-order valence-electron chi connectivity index (χ0n) is 11.3. The van der Waals surface area contributed by atoms with Crippen molar-refractivity contribution in [3.63, 3.8) is 0 Å². The molecule has 0 bridgehead atoms. The average Bonchev–Trinajstić information content (AvgIpc) is 2.32. The maximum Gasteiger partial charge on any atom is 0.224 e. The zero-order chi connectivity index (χ0) is 13.7. The van der Waals surface area contributed by atoms with E-state index in [1.165, 1.54) is 0 Å². The Morgan fingerprint density at radius 3 is 2.67 bits per heavy atom. The predicted octanol–water partition coefficient (Wildman–Crippen LogP) is 2.32. The monoisotopic (exact) mass is 250 g/mol. The molecule has 0 aliphatic carbocycles. The molecule has 1 aromatic carbocycles. The second-order valence-electron chi connectivity index (χ2n) is 4.74. The topological polar surface area (TPSA) is 75.4 Å². The average molecular weight is 250 g/mol. The quantitative estimate of drug-likeness (QED) is 0.702. The van der Waals surface area contributed by atoms with Gasteiger partial charge in [0.1, 0.15) is 5.75 Å². The van der Waals surface area contributed by atoms with Crippen LogP contribution >= 0.6 is 0 Å². The number of carbonyl (C=O) groups excluding carboxylic acids is 1. The van der Waals surface area contributed by atoms with E-state index in [-0.39, 0.29) is 17.6 Å². The second-order valence-corrected chi connectivity index (χ2v) is 4.74. The van der Waals surface area contributed by atoms with E-state index < -0.39 is 0 Å². The molecule has 0 saturated carbocycles. The first-order chi connectivity index (χ1) is 8.47. The molecule has 4 heteroatoms. The van der Waals surface area contributed by atoms with Crippen LogP contribution in [0.1, 0.15) is 30.9 Å². The van der Waals surface area contributed by atoms with E-state index in [1.54, 1.807) is 6.07 Å². The second kappa shape index (κ2) is 6.40. The Balaban J connectivity index is 2.76. The van der Waals surface area contributed by atoms with Gasteiger partial charge >= 0.3 is 0 Å². The largest absolute Gasteiger partial charge is 0.505 e. The van der Waals surface area contributed by atoms with Crippen molar-refractivity contribution in [2.24, 2.45) is 11.7 Å². The summed E-state index contributed by atoms with van der Waals surface area (Å²) in [5.74, 6) is 0.223. The van der Waals surface area contributed by atoms with Gasteiger partial charge in [0.25, 0.3) is 0 Å². The third kappa shape index (κ3) is 3.74. The van der Waals surface area contributed by atoms with Crippen LogP contribution in [0, 0.1) is 19.8 Å². The number of hydrogen-bond donors (Lipinski definition) is 3. The Kier molecular flexibility index (Phi) is 5.16. The molecule has 4 nitrogen and oxygen atoms in total. The first-order valence-electron chi connectivity index (χ1n) is 6.28. The lowest BCUT2D eigenvalue weighted by Crippen LogP contribution is -2.21. The molecule has 100 valence electrons. The third-order valence-corrected chi connectivity index (χ3v) is 3.10. The lowest BCUT2D eigenvalue weighted by atomic mass is 10.0. The summed E-state index contributed by atoms with van der Waals surface area (Å²) in [5.41, 5.74) is 7.82. The van der Waals surface area contributed by atoms with E-state index in [0.717, 1.165) is 17.5 Å². The van der Waals surface area contributed by atoms with Gasteiger partial charge in [-0.25, -0.2) is 0 Å². The lowest BCUT2D eigenvalue weighted by molar-refractivity contribution is -0.117. The molecule has 18 heavy (non-hydrogen) atoms. The fourth-order valence-electron chi connectivity index (χ4n) is 1.91. The van der Waals surface area contributed by atoms with Crippen LogP contribution in [0.2, 0.25) is 0 Å². The van der Waals surface area contributed by atoms with Gasteiger partial charge < -0.3 is 16.2 Å². The molecule has 1 aromatic rings. The number of aryl methyl sites for hydroxylation is 2. The van der Waals surface area contributed by atoms with E-state index >= 15 is 0 Å². The van der Waals surface area contributed by atoms with Crippen molar-refractivity contribution in [3.8, 4) is 5.75 Å². The van der Waals surface area contributed by atoms with Gasteiger partial charge in [-0.2, -0.15) is 0 Å². The van der Waals surface area contributed by atoms with Gasteiger partial charge in [0.2, 0.25) is 5.91 Å². The third-order valence-electron chi connectivity index (χ3n) is 3.10. The number of carbonyl (C=O) groups is 1. The number of phenolic OH excluding ortho intramolecular Hbond substituents is 1. The molecular weight excluding hydrogens is 228 g/mol. The molecule has 0 aromatic heterocycles. The van der Waals surface area contributed by atoms with Crippen LogP contribution in [0.15, 0.2) is 12.1 Å². The minimum Gasteiger partial charge on any atom is -0.505 e. The van der Waals surface area contributed by atoms with Crippen LogP contribution in [0.25, 0.3) is 0 Å². The smallest absolute Gasteiger partial charge is 0.224 e. The molecule has 1 unspecified atom stereocenters. The van der Waals surface area contributed by atoms with Crippen LogP contribution in [0.5, 0.6) is 5.75 Å². The minimum absolute atomic E-state index is 0.104. The highest BCUT2D eigenvalue weighted by Gasteiger charge is 2.13. The van der Waals surface area contributed by atoms with Crippen LogP contribution in [0.3, 0.4) is 0 Å². The fourth-order valence-corrected chi connectivity index (χ4v) is 1.91. The predicted molar refractivity (Wildman–Crippen MR) is 73.7 cm³/mol. The van der Waals surface area contributed by atoms with Gasteiger partial charge in [0, 0.05) is 6.42 Å². The van der Waals surface area contributed by atoms with Crippen molar-refractivity contribution in [3.05, 3.63) is 23.3 Å². The highest BCUT2D eigenvalue weighted by molar-refractivity contribution is 5.92. The number of nitrogens with two attached hydrogens (primary N) is 1. The highest BCUT2D eigenvalue weighted by atomic mass is 16.3. The number of anilines is 1. The molecule has 1 rings (SSSR count). The van der Waals surface area contributed by atoms with Gasteiger partial charge in [-0.3, -0.25) is 4.79 Å². The number of benzene rings is 1. The number of phenols is 1. The van der Waals surface area contributed by atoms with Gasteiger partial charge in [-0.15, -0.1) is 0 Å². The Labute approximate surface area is 108 Å². The molecule has 1 atom stereocenters. The highest BCUT2D eigenvalue weighted by Crippen LogP contribution is 2.28. The maximum absolute atomic E-state index is 11.8. The minimum atomic E-state index is -0.104. The van der Waals surface area contributed by atoms with Gasteiger partial charge in [-0.1, -0.05) is 19.4 Å². The molecular formula is C14H22N2O2. The maximum atomic E-state index is 11.8. The Bertz CT molecular complexity index is 426. The van der Waals surface area contributed by atoms with Crippen LogP contribution in [0.4, 0.5) is 5.69 Å². The van der Waals surface area contributed by atoms with Crippen molar-refractivity contribution in [2.75, 3.05) is 11.9 Å². The number of hydrogen-bond acceptors (Lipinski definition) is 3. The Morgan fingerprint density at radius 2 is 2.11 bits per heavy atom. The lowest BCUT2D eigenvalue weighted by Gasteiger charge is -2.14. The first-order valence-corrected chi connectivity index (χ1v) is 6.28. The van der Waals surface area contributed by atoms with Crippen LogP contribution in [-0.2, 0) is 4.79 Å². The Morgan fingerprint density at radius 1 is 1.44 bits per heavy atom. The summed E-state index contributed by atoms with van der Waals surface area (Å²) in [7, 11) is 0. The van der Waals surface area contributed by atoms with E-state index in [2.05, 4.69) is 5.32 Å². The number of aromatic hydroxyl groups is 1. The SMILES string of the molecule is CCC(CN)CC(=O)Nc1cc(C)cc(C)c1O. The van der Waals surface area contributed by atoms with E-state index in [4.69, 9.17) is 5.73 Å². The number of amides is 1. The standard InChI is InChI=1S/C14H22N2O2/c1-4-11(8-15)7-13(17)16-12-6-9(2)5-10(3)14(12)18/h5-6,11,18H,4,7-8,15H2,1-3H3,(H,16,17). The summed E-state index contributed by atoms with van der Waals surface area (Å²) in [6.45, 7) is 6.26. The molecule has 0 heterocycles. The molecule has 1 amide bonds. The summed E-state index contributed by atoms with van der Waals surface area (Å²) in [5, 5.41) is 12.6. The van der Waals surface area contributed by atoms with Gasteiger partial charge in [0.05, 0.1) is 5.69 Å². The van der Waals surface area contributed by atoms with Gasteiger partial charge in [0.15, 0.2) is 0 Å². The summed E-state index contributed by atoms with van der Waals surface area (Å²) < 4.78 is 0. The molecule has 4 N–H and O–H groups in total. The summed E-state index contributed by atoms with van der Waals surface area (Å²) in [6, 6.07) is 3.64. The van der Waals surface area contributed by atoms with E-state index in [9.17, 15) is 9.90 Å².